The van der Waals surface area contributed by atoms with Gasteiger partial charge in [-0.1, -0.05) is 0 Å². The Morgan fingerprint density at radius 2 is 1.91 bits per heavy atom. The average Bonchev–Trinajstić information content (AvgIpc) is 2.97. The summed E-state index contributed by atoms with van der Waals surface area (Å²) in [6.07, 6.45) is 2.04. The standard InChI is InChI=1S/C13H18N4O5/c1-15-11(20)12(21)17(13(15)22)8-9(18)14-5-3-7-16-6-2-4-10(16)19/h2-8H2,1H3,(H,14,18). The van der Waals surface area contributed by atoms with E-state index in [9.17, 15) is 24.0 Å². The molecule has 0 saturated carbocycles. The van der Waals surface area contributed by atoms with E-state index in [1.165, 1.54) is 7.05 Å². The second-order valence-corrected chi connectivity index (χ2v) is 5.23. The molecule has 2 fully saturated rings. The van der Waals surface area contributed by atoms with E-state index in [4.69, 9.17) is 0 Å². The van der Waals surface area contributed by atoms with Crippen LogP contribution in [0.25, 0.3) is 0 Å². The predicted molar refractivity (Wildman–Crippen MR) is 73.3 cm³/mol. The van der Waals surface area contributed by atoms with E-state index >= 15 is 0 Å². The van der Waals surface area contributed by atoms with E-state index < -0.39 is 30.3 Å². The fourth-order valence-electron chi connectivity index (χ4n) is 2.39. The van der Waals surface area contributed by atoms with Crippen molar-refractivity contribution in [3.8, 4) is 0 Å². The zero-order valence-corrected chi connectivity index (χ0v) is 12.3. The molecule has 0 aliphatic carbocycles. The molecule has 0 radical (unpaired) electrons. The Morgan fingerprint density at radius 1 is 1.18 bits per heavy atom. The first-order chi connectivity index (χ1) is 10.4. The summed E-state index contributed by atoms with van der Waals surface area (Å²) in [6.45, 7) is 1.18. The quantitative estimate of drug-likeness (QED) is 0.366. The third-order valence-electron chi connectivity index (χ3n) is 3.65. The highest BCUT2D eigenvalue weighted by Crippen LogP contribution is 2.10. The van der Waals surface area contributed by atoms with Gasteiger partial charge in [-0.05, 0) is 12.8 Å². The zero-order chi connectivity index (χ0) is 16.3. The Balaban J connectivity index is 1.70. The van der Waals surface area contributed by atoms with Gasteiger partial charge in [0.1, 0.15) is 6.54 Å². The lowest BCUT2D eigenvalue weighted by Gasteiger charge is -2.16. The van der Waals surface area contributed by atoms with Crippen molar-refractivity contribution in [1.82, 2.24) is 20.0 Å². The number of carbonyl (C=O) groups is 5. The van der Waals surface area contributed by atoms with Gasteiger partial charge < -0.3 is 10.2 Å². The van der Waals surface area contributed by atoms with Crippen LogP contribution >= 0.6 is 0 Å². The lowest BCUT2D eigenvalue weighted by Crippen LogP contribution is -2.41. The number of hydrogen-bond acceptors (Lipinski definition) is 5. The van der Waals surface area contributed by atoms with Crippen LogP contribution in [0.5, 0.6) is 0 Å². The van der Waals surface area contributed by atoms with Crippen molar-refractivity contribution < 1.29 is 24.0 Å². The summed E-state index contributed by atoms with van der Waals surface area (Å²) >= 11 is 0. The van der Waals surface area contributed by atoms with Crippen LogP contribution in [0.2, 0.25) is 0 Å². The number of nitrogens with one attached hydrogen (secondary N) is 1. The molecule has 9 nitrogen and oxygen atoms in total. The number of likely N-dealkylation sites (N-methyl/N-ethyl adjacent to an activating group) is 1. The van der Waals surface area contributed by atoms with Crippen molar-refractivity contribution in [1.29, 1.82) is 0 Å². The van der Waals surface area contributed by atoms with Crippen LogP contribution in [-0.4, -0.2) is 77.6 Å². The van der Waals surface area contributed by atoms with Gasteiger partial charge in [-0.25, -0.2) is 9.69 Å². The molecule has 0 aromatic rings. The van der Waals surface area contributed by atoms with E-state index in [0.717, 1.165) is 13.0 Å². The third-order valence-corrected chi connectivity index (χ3v) is 3.65. The molecule has 2 heterocycles. The maximum absolute atomic E-state index is 11.7. The summed E-state index contributed by atoms with van der Waals surface area (Å²) < 4.78 is 0. The summed E-state index contributed by atoms with van der Waals surface area (Å²) in [7, 11) is 1.19. The van der Waals surface area contributed by atoms with Gasteiger partial charge >= 0.3 is 17.8 Å². The number of hydrogen-bond donors (Lipinski definition) is 1. The molecule has 2 rings (SSSR count). The Kier molecular flexibility index (Phi) is 4.74. The third kappa shape index (κ3) is 3.23. The number of likely N-dealkylation sites (tertiary alicyclic amines) is 1. The average molecular weight is 310 g/mol. The zero-order valence-electron chi connectivity index (χ0n) is 12.3. The van der Waals surface area contributed by atoms with Crippen molar-refractivity contribution in [3.63, 3.8) is 0 Å². The first-order valence-corrected chi connectivity index (χ1v) is 7.10. The monoisotopic (exact) mass is 310 g/mol. The molecule has 0 atom stereocenters. The second-order valence-electron chi connectivity index (χ2n) is 5.23. The van der Waals surface area contributed by atoms with Gasteiger partial charge in [0.15, 0.2) is 0 Å². The minimum absolute atomic E-state index is 0.126. The van der Waals surface area contributed by atoms with Gasteiger partial charge in [0.05, 0.1) is 0 Å². The summed E-state index contributed by atoms with van der Waals surface area (Å²) in [4.78, 5) is 60.5. The van der Waals surface area contributed by atoms with Crippen LogP contribution in [0, 0.1) is 0 Å². The SMILES string of the molecule is CN1C(=O)C(=O)N(CC(=O)NCCCN2CCCC2=O)C1=O. The number of amides is 6. The van der Waals surface area contributed by atoms with Crippen molar-refractivity contribution in [2.75, 3.05) is 33.2 Å². The molecule has 22 heavy (non-hydrogen) atoms. The number of nitrogens with zero attached hydrogens (tertiary/aromatic N) is 3. The van der Waals surface area contributed by atoms with Crippen LogP contribution in [0.4, 0.5) is 4.79 Å². The van der Waals surface area contributed by atoms with Crippen LogP contribution in [0.1, 0.15) is 19.3 Å². The van der Waals surface area contributed by atoms with E-state index in [2.05, 4.69) is 5.32 Å². The molecular formula is C13H18N4O5. The Labute approximate surface area is 127 Å². The molecule has 0 aromatic carbocycles. The van der Waals surface area contributed by atoms with Gasteiger partial charge in [-0.15, -0.1) is 0 Å². The number of urea groups is 1. The molecule has 0 bridgehead atoms. The van der Waals surface area contributed by atoms with E-state index in [1.54, 1.807) is 4.90 Å². The second kappa shape index (κ2) is 6.54. The molecule has 2 aliphatic rings. The van der Waals surface area contributed by atoms with Gasteiger partial charge in [0.25, 0.3) is 0 Å². The molecule has 0 spiro atoms. The largest absolute Gasteiger partial charge is 0.354 e. The van der Waals surface area contributed by atoms with E-state index in [-0.39, 0.29) is 5.91 Å². The Morgan fingerprint density at radius 3 is 2.45 bits per heavy atom. The van der Waals surface area contributed by atoms with E-state index in [1.807, 2.05) is 0 Å². The summed E-state index contributed by atoms with van der Waals surface area (Å²) in [6, 6.07) is -0.798. The summed E-state index contributed by atoms with van der Waals surface area (Å²) in [5.41, 5.74) is 0. The molecular weight excluding hydrogens is 292 g/mol. The first-order valence-electron chi connectivity index (χ1n) is 7.10. The minimum atomic E-state index is -0.995. The predicted octanol–water partition coefficient (Wildman–Crippen LogP) is -1.46. The molecule has 1 N–H and O–H groups in total. The highest BCUT2D eigenvalue weighted by Gasteiger charge is 2.42. The molecule has 2 aliphatic heterocycles. The molecule has 6 amide bonds. The Hall–Kier alpha value is -2.45. The highest BCUT2D eigenvalue weighted by molar-refractivity contribution is 6.44. The van der Waals surface area contributed by atoms with Gasteiger partial charge in [0.2, 0.25) is 11.8 Å². The maximum Gasteiger partial charge on any atom is 0.334 e. The summed E-state index contributed by atoms with van der Waals surface area (Å²) in [5.74, 6) is -2.32. The topological polar surface area (TPSA) is 107 Å². The molecule has 0 aromatic heterocycles. The smallest absolute Gasteiger partial charge is 0.334 e. The number of rotatable bonds is 6. The summed E-state index contributed by atoms with van der Waals surface area (Å²) in [5, 5.41) is 2.57. The maximum atomic E-state index is 11.7. The lowest BCUT2D eigenvalue weighted by molar-refractivity contribution is -0.143. The van der Waals surface area contributed by atoms with Gasteiger partial charge in [-0.2, -0.15) is 0 Å². The first kappa shape index (κ1) is 15.9. The normalized spacial score (nSPS) is 18.7. The van der Waals surface area contributed by atoms with E-state index in [0.29, 0.717) is 35.7 Å². The lowest BCUT2D eigenvalue weighted by atomic mass is 10.3. The molecule has 2 saturated heterocycles. The van der Waals surface area contributed by atoms with Gasteiger partial charge in [-0.3, -0.25) is 24.1 Å². The van der Waals surface area contributed by atoms with Crippen LogP contribution < -0.4 is 5.32 Å². The van der Waals surface area contributed by atoms with Crippen molar-refractivity contribution in [2.24, 2.45) is 0 Å². The molecule has 9 heteroatoms. The van der Waals surface area contributed by atoms with Crippen molar-refractivity contribution >= 4 is 29.7 Å². The fourth-order valence-corrected chi connectivity index (χ4v) is 2.39. The van der Waals surface area contributed by atoms with Crippen molar-refractivity contribution in [3.05, 3.63) is 0 Å². The molecule has 0 unspecified atom stereocenters. The van der Waals surface area contributed by atoms with Crippen LogP contribution in [0.3, 0.4) is 0 Å². The fraction of sp³-hybridized carbons (Fsp3) is 0.615. The Bertz CT molecular complexity index is 533. The van der Waals surface area contributed by atoms with Crippen LogP contribution in [0.15, 0.2) is 0 Å². The van der Waals surface area contributed by atoms with Crippen molar-refractivity contribution in [2.45, 2.75) is 19.3 Å². The number of imide groups is 2. The minimum Gasteiger partial charge on any atom is -0.354 e. The number of carbonyl (C=O) groups excluding carboxylic acids is 5. The molecule has 120 valence electrons. The van der Waals surface area contributed by atoms with Crippen LogP contribution in [-0.2, 0) is 19.2 Å². The van der Waals surface area contributed by atoms with Gasteiger partial charge in [0, 0.05) is 33.1 Å². The highest BCUT2D eigenvalue weighted by atomic mass is 16.2.